The van der Waals surface area contributed by atoms with Crippen molar-refractivity contribution in [3.8, 4) is 0 Å². The maximum absolute atomic E-state index is 11.7. The van der Waals surface area contributed by atoms with E-state index in [1.807, 2.05) is 0 Å². The number of ether oxygens (including phenoxy) is 2. The lowest BCUT2D eigenvalue weighted by atomic mass is 10.3. The van der Waals surface area contributed by atoms with Gasteiger partial charge in [0.2, 0.25) is 0 Å². The average molecular weight is 228 g/mol. The van der Waals surface area contributed by atoms with Gasteiger partial charge in [-0.15, -0.1) is 0 Å². The maximum Gasteiger partial charge on any atom is 0.389 e. The van der Waals surface area contributed by atoms with Crippen molar-refractivity contribution in [2.24, 2.45) is 0 Å². The minimum atomic E-state index is -4.17. The highest BCUT2D eigenvalue weighted by molar-refractivity contribution is 5.74. The Morgan fingerprint density at radius 3 is 2.47 bits per heavy atom. The molecule has 1 unspecified atom stereocenters. The Kier molecular flexibility index (Phi) is 6.31. The van der Waals surface area contributed by atoms with Crippen LogP contribution in [0.1, 0.15) is 26.7 Å². The molecule has 0 aliphatic heterocycles. The fourth-order valence-electron chi connectivity index (χ4n) is 0.860. The molecule has 90 valence electrons. The summed E-state index contributed by atoms with van der Waals surface area (Å²) in [6.07, 6.45) is -6.02. The van der Waals surface area contributed by atoms with E-state index in [2.05, 4.69) is 4.74 Å². The summed E-state index contributed by atoms with van der Waals surface area (Å²) < 4.78 is 44.6. The van der Waals surface area contributed by atoms with Gasteiger partial charge in [0.05, 0.1) is 6.61 Å². The Bertz CT molecular complexity index is 192. The monoisotopic (exact) mass is 228 g/mol. The van der Waals surface area contributed by atoms with Gasteiger partial charge in [0, 0.05) is 13.0 Å². The summed E-state index contributed by atoms with van der Waals surface area (Å²) in [6.45, 7) is 3.23. The van der Waals surface area contributed by atoms with Crippen molar-refractivity contribution < 1.29 is 27.4 Å². The molecular formula is C9H15F3O3. The Morgan fingerprint density at radius 2 is 2.00 bits per heavy atom. The standard InChI is InChI=1S/C9H15F3O3/c1-3-14-8(13)7(2)15-6-4-5-9(10,11)12/h7H,3-6H2,1-2H3. The Morgan fingerprint density at radius 1 is 1.40 bits per heavy atom. The molecule has 3 nitrogen and oxygen atoms in total. The van der Waals surface area contributed by atoms with Crippen molar-refractivity contribution in [2.75, 3.05) is 13.2 Å². The molecule has 1 atom stereocenters. The molecule has 0 aromatic rings. The number of esters is 1. The van der Waals surface area contributed by atoms with Gasteiger partial charge in [0.1, 0.15) is 0 Å². The van der Waals surface area contributed by atoms with Crippen molar-refractivity contribution in [1.82, 2.24) is 0 Å². The lowest BCUT2D eigenvalue weighted by molar-refractivity contribution is -0.157. The second-order valence-electron chi connectivity index (χ2n) is 2.98. The number of hydrogen-bond acceptors (Lipinski definition) is 3. The van der Waals surface area contributed by atoms with E-state index in [-0.39, 0.29) is 19.6 Å². The molecule has 0 spiro atoms. The number of rotatable bonds is 6. The van der Waals surface area contributed by atoms with Gasteiger partial charge in [-0.3, -0.25) is 0 Å². The third-order valence-electron chi connectivity index (χ3n) is 1.59. The van der Waals surface area contributed by atoms with Gasteiger partial charge >= 0.3 is 12.1 Å². The second kappa shape index (κ2) is 6.66. The van der Waals surface area contributed by atoms with E-state index in [1.165, 1.54) is 6.92 Å². The molecule has 0 N–H and O–H groups in total. The zero-order valence-electron chi connectivity index (χ0n) is 8.76. The summed E-state index contributed by atoms with van der Waals surface area (Å²) in [5, 5.41) is 0. The molecule has 0 aliphatic carbocycles. The molecule has 0 fully saturated rings. The first-order valence-corrected chi connectivity index (χ1v) is 4.71. The Labute approximate surface area is 86.5 Å². The predicted molar refractivity (Wildman–Crippen MR) is 47.3 cm³/mol. The summed E-state index contributed by atoms with van der Waals surface area (Å²) in [7, 11) is 0. The molecule has 0 bridgehead atoms. The topological polar surface area (TPSA) is 35.5 Å². The fraction of sp³-hybridized carbons (Fsp3) is 0.889. The van der Waals surface area contributed by atoms with E-state index < -0.39 is 24.7 Å². The summed E-state index contributed by atoms with van der Waals surface area (Å²) in [4.78, 5) is 11.0. The van der Waals surface area contributed by atoms with Crippen molar-refractivity contribution in [3.05, 3.63) is 0 Å². The van der Waals surface area contributed by atoms with E-state index >= 15 is 0 Å². The van der Waals surface area contributed by atoms with E-state index in [1.54, 1.807) is 6.92 Å². The van der Waals surface area contributed by atoms with Gasteiger partial charge in [-0.05, 0) is 20.3 Å². The maximum atomic E-state index is 11.7. The van der Waals surface area contributed by atoms with Gasteiger partial charge in [-0.2, -0.15) is 13.2 Å². The molecule has 0 heterocycles. The quantitative estimate of drug-likeness (QED) is 0.517. The second-order valence-corrected chi connectivity index (χ2v) is 2.98. The third kappa shape index (κ3) is 8.23. The van der Waals surface area contributed by atoms with E-state index in [9.17, 15) is 18.0 Å². The third-order valence-corrected chi connectivity index (χ3v) is 1.59. The van der Waals surface area contributed by atoms with Crippen LogP contribution in [0, 0.1) is 0 Å². The molecule has 6 heteroatoms. The van der Waals surface area contributed by atoms with Crippen molar-refractivity contribution in [1.29, 1.82) is 0 Å². The molecule has 0 aromatic carbocycles. The normalized spacial score (nSPS) is 13.7. The number of carbonyl (C=O) groups excluding carboxylic acids is 1. The first kappa shape index (κ1) is 14.2. The summed E-state index contributed by atoms with van der Waals surface area (Å²) in [5.41, 5.74) is 0. The molecule has 0 amide bonds. The zero-order chi connectivity index (χ0) is 11.9. The van der Waals surface area contributed by atoms with Crippen LogP contribution in [0.3, 0.4) is 0 Å². The molecule has 0 saturated carbocycles. The van der Waals surface area contributed by atoms with Crippen LogP contribution in [0.2, 0.25) is 0 Å². The summed E-state index contributed by atoms with van der Waals surface area (Å²) >= 11 is 0. The van der Waals surface area contributed by atoms with Crippen LogP contribution >= 0.6 is 0 Å². The van der Waals surface area contributed by atoms with Gasteiger partial charge < -0.3 is 9.47 Å². The predicted octanol–water partition coefficient (Wildman–Crippen LogP) is 2.30. The van der Waals surface area contributed by atoms with Gasteiger partial charge in [-0.25, -0.2) is 4.79 Å². The molecule has 15 heavy (non-hydrogen) atoms. The summed E-state index contributed by atoms with van der Waals surface area (Å²) in [6, 6.07) is 0. The largest absolute Gasteiger partial charge is 0.464 e. The van der Waals surface area contributed by atoms with Crippen LogP contribution in [-0.4, -0.2) is 31.5 Å². The van der Waals surface area contributed by atoms with Crippen molar-refractivity contribution >= 4 is 5.97 Å². The summed E-state index contributed by atoms with van der Waals surface area (Å²) in [5.74, 6) is -0.551. The smallest absolute Gasteiger partial charge is 0.389 e. The fourth-order valence-corrected chi connectivity index (χ4v) is 0.860. The Hall–Kier alpha value is -0.780. The first-order chi connectivity index (χ1) is 6.87. The van der Waals surface area contributed by atoms with Crippen LogP contribution in [0.25, 0.3) is 0 Å². The van der Waals surface area contributed by atoms with Gasteiger partial charge in [0.15, 0.2) is 6.10 Å². The van der Waals surface area contributed by atoms with Gasteiger partial charge in [-0.1, -0.05) is 0 Å². The minimum absolute atomic E-state index is 0.0977. The zero-order valence-corrected chi connectivity index (χ0v) is 8.76. The number of hydrogen-bond donors (Lipinski definition) is 0. The number of carbonyl (C=O) groups is 1. The van der Waals surface area contributed by atoms with E-state index in [0.717, 1.165) is 0 Å². The molecule has 0 aliphatic rings. The molecule has 0 aromatic heterocycles. The number of halogens is 3. The van der Waals surface area contributed by atoms with Gasteiger partial charge in [0.25, 0.3) is 0 Å². The molecular weight excluding hydrogens is 213 g/mol. The SMILES string of the molecule is CCOC(=O)C(C)OCCCC(F)(F)F. The molecule has 0 radical (unpaired) electrons. The van der Waals surface area contributed by atoms with Crippen molar-refractivity contribution in [3.63, 3.8) is 0 Å². The molecule has 0 saturated heterocycles. The van der Waals surface area contributed by atoms with Crippen LogP contribution < -0.4 is 0 Å². The van der Waals surface area contributed by atoms with Crippen LogP contribution in [0.4, 0.5) is 13.2 Å². The van der Waals surface area contributed by atoms with Crippen molar-refractivity contribution in [2.45, 2.75) is 39.0 Å². The number of alkyl halides is 3. The van der Waals surface area contributed by atoms with E-state index in [0.29, 0.717) is 0 Å². The van der Waals surface area contributed by atoms with Crippen LogP contribution in [0.15, 0.2) is 0 Å². The van der Waals surface area contributed by atoms with Crippen LogP contribution in [-0.2, 0) is 14.3 Å². The lowest BCUT2D eigenvalue weighted by Gasteiger charge is -2.12. The highest BCUT2D eigenvalue weighted by Crippen LogP contribution is 2.21. The minimum Gasteiger partial charge on any atom is -0.464 e. The lowest BCUT2D eigenvalue weighted by Crippen LogP contribution is -2.24. The Balaban J connectivity index is 3.55. The van der Waals surface area contributed by atoms with Crippen LogP contribution in [0.5, 0.6) is 0 Å². The highest BCUT2D eigenvalue weighted by Gasteiger charge is 2.26. The highest BCUT2D eigenvalue weighted by atomic mass is 19.4. The first-order valence-electron chi connectivity index (χ1n) is 4.71. The van der Waals surface area contributed by atoms with E-state index in [4.69, 9.17) is 4.74 Å². The average Bonchev–Trinajstić information content (AvgIpc) is 2.11. The molecule has 0 rings (SSSR count).